The summed E-state index contributed by atoms with van der Waals surface area (Å²) in [5.41, 5.74) is 0.767. The number of allylic oxidation sites excluding steroid dienone is 2. The van der Waals surface area contributed by atoms with E-state index in [1.165, 1.54) is 12.1 Å². The van der Waals surface area contributed by atoms with Crippen molar-refractivity contribution in [3.8, 4) is 0 Å². The maximum Gasteiger partial charge on any atom is 0.442 e. The Hall–Kier alpha value is -1.92. The molecule has 0 bridgehead atoms. The van der Waals surface area contributed by atoms with E-state index >= 15 is 0 Å². The second kappa shape index (κ2) is 9.48. The molecule has 0 heterocycles. The third-order valence-corrected chi connectivity index (χ3v) is 6.35. The van der Waals surface area contributed by atoms with Crippen molar-refractivity contribution < 1.29 is 31.5 Å². The number of hydrogen-bond acceptors (Lipinski definition) is 2. The van der Waals surface area contributed by atoms with Crippen molar-refractivity contribution in [2.24, 2.45) is 11.8 Å². The fraction of sp³-hybridized carbons (Fsp3) is 0.609. The average Bonchev–Trinajstić information content (AvgIpc) is 2.69. The van der Waals surface area contributed by atoms with Crippen LogP contribution < -0.4 is 0 Å². The predicted octanol–water partition coefficient (Wildman–Crippen LogP) is 7.25. The minimum Gasteiger partial charge on any atom is -0.459 e. The summed E-state index contributed by atoms with van der Waals surface area (Å²) in [4.78, 5) is 12.4. The molecule has 3 rings (SSSR count). The van der Waals surface area contributed by atoms with Crippen LogP contribution in [0.5, 0.6) is 0 Å². The molecule has 0 aliphatic heterocycles. The van der Waals surface area contributed by atoms with Gasteiger partial charge in [0.25, 0.3) is 0 Å². The van der Waals surface area contributed by atoms with Crippen LogP contribution in [0.25, 0.3) is 0 Å². The summed E-state index contributed by atoms with van der Waals surface area (Å²) in [6, 6.07) is 4.65. The first kappa shape index (κ1) is 22.8. The fourth-order valence-corrected chi connectivity index (χ4v) is 4.43. The summed E-state index contributed by atoms with van der Waals surface area (Å²) in [7, 11) is 0. The van der Waals surface area contributed by atoms with Crippen molar-refractivity contribution in [3.63, 3.8) is 0 Å². The Bertz CT molecular complexity index is 770. The molecular formula is C23H27F5O2. The number of rotatable bonds is 4. The Morgan fingerprint density at radius 3 is 2.23 bits per heavy atom. The van der Waals surface area contributed by atoms with E-state index in [1.807, 2.05) is 0 Å². The van der Waals surface area contributed by atoms with Crippen LogP contribution >= 0.6 is 0 Å². The van der Waals surface area contributed by atoms with Gasteiger partial charge in [0, 0.05) is 0 Å². The Labute approximate surface area is 173 Å². The minimum absolute atomic E-state index is 0.131. The zero-order valence-corrected chi connectivity index (χ0v) is 17.0. The van der Waals surface area contributed by atoms with E-state index in [9.17, 15) is 26.7 Å². The third-order valence-electron chi connectivity index (χ3n) is 6.35. The highest BCUT2D eigenvalue weighted by atomic mass is 19.4. The van der Waals surface area contributed by atoms with Crippen LogP contribution in [0.1, 0.15) is 80.1 Å². The van der Waals surface area contributed by atoms with E-state index in [4.69, 9.17) is 4.74 Å². The second-order valence-electron chi connectivity index (χ2n) is 8.65. The van der Waals surface area contributed by atoms with Crippen molar-refractivity contribution in [1.29, 1.82) is 0 Å². The fourth-order valence-electron chi connectivity index (χ4n) is 4.43. The number of ether oxygens (including phenoxy) is 1. The summed E-state index contributed by atoms with van der Waals surface area (Å²) in [5, 5.41) is 0. The number of esters is 1. The molecule has 0 spiro atoms. The number of carbonyl (C=O) groups excluding carboxylic acids is 1. The molecule has 30 heavy (non-hydrogen) atoms. The summed E-state index contributed by atoms with van der Waals surface area (Å²) in [6.07, 6.45) is 0.568. The lowest BCUT2D eigenvalue weighted by Crippen LogP contribution is -2.25. The summed E-state index contributed by atoms with van der Waals surface area (Å²) in [5.74, 6) is -3.01. The van der Waals surface area contributed by atoms with Crippen molar-refractivity contribution in [3.05, 3.63) is 47.0 Å². The Balaban J connectivity index is 1.54. The van der Waals surface area contributed by atoms with E-state index < -0.39 is 35.8 Å². The molecule has 2 aliphatic carbocycles. The first-order chi connectivity index (χ1) is 14.1. The minimum atomic E-state index is -4.97. The Morgan fingerprint density at radius 1 is 1.03 bits per heavy atom. The first-order valence-electron chi connectivity index (χ1n) is 10.6. The number of benzene rings is 1. The van der Waals surface area contributed by atoms with E-state index in [1.54, 1.807) is 6.07 Å². The van der Waals surface area contributed by atoms with Crippen LogP contribution in [-0.2, 0) is 4.74 Å². The molecule has 2 saturated carbocycles. The Kier molecular flexibility index (Phi) is 7.19. The molecule has 0 radical (unpaired) electrons. The third kappa shape index (κ3) is 5.82. The highest BCUT2D eigenvalue weighted by molar-refractivity contribution is 5.89. The van der Waals surface area contributed by atoms with Crippen molar-refractivity contribution in [2.45, 2.75) is 76.5 Å². The molecule has 0 amide bonds. The highest BCUT2D eigenvalue weighted by Gasteiger charge is 2.36. The lowest BCUT2D eigenvalue weighted by molar-refractivity contribution is -0.109. The van der Waals surface area contributed by atoms with Crippen LogP contribution in [0.3, 0.4) is 0 Å². The van der Waals surface area contributed by atoms with Crippen LogP contribution in [0.2, 0.25) is 0 Å². The van der Waals surface area contributed by atoms with Gasteiger partial charge in [0.2, 0.25) is 0 Å². The van der Waals surface area contributed by atoms with Gasteiger partial charge in [-0.1, -0.05) is 25.8 Å². The molecule has 0 saturated heterocycles. The quantitative estimate of drug-likeness (QED) is 0.371. The van der Waals surface area contributed by atoms with Crippen molar-refractivity contribution >= 4 is 5.97 Å². The molecular weight excluding hydrogens is 403 g/mol. The molecule has 0 unspecified atom stereocenters. The monoisotopic (exact) mass is 430 g/mol. The van der Waals surface area contributed by atoms with Gasteiger partial charge in [-0.15, -0.1) is 0 Å². The molecule has 1 aromatic carbocycles. The molecule has 166 valence electrons. The second-order valence-corrected chi connectivity index (χ2v) is 8.65. The number of carbonyl (C=O) groups is 1. The number of alkyl halides is 3. The Morgan fingerprint density at radius 2 is 1.67 bits per heavy atom. The molecule has 2 aliphatic rings. The van der Waals surface area contributed by atoms with E-state index in [0.29, 0.717) is 30.8 Å². The standard InChI is InChI=1S/C23H27F5O2/c1-14-2-6-16(7-3-14)17-8-11-19(20(24)13-17)22(29)30-18-9-4-15(5-10-18)12-21(25)23(26,27)28/h8,11-16,18H,2-7,9-10H2,1H3. The van der Waals surface area contributed by atoms with Gasteiger partial charge in [-0.2, -0.15) is 13.2 Å². The highest BCUT2D eigenvalue weighted by Crippen LogP contribution is 2.36. The molecule has 0 aromatic heterocycles. The SMILES string of the molecule is CC1CCC(c2ccc(C(=O)OC3CCC(C=C(F)C(F)(F)F)CC3)c(F)c2)CC1. The van der Waals surface area contributed by atoms with E-state index in [0.717, 1.165) is 31.2 Å². The van der Waals surface area contributed by atoms with Crippen molar-refractivity contribution in [1.82, 2.24) is 0 Å². The van der Waals surface area contributed by atoms with Gasteiger partial charge in [0.1, 0.15) is 11.9 Å². The zero-order valence-electron chi connectivity index (χ0n) is 17.0. The van der Waals surface area contributed by atoms with Crippen LogP contribution in [0, 0.1) is 17.7 Å². The molecule has 1 aromatic rings. The van der Waals surface area contributed by atoms with Gasteiger partial charge in [-0.05, 0) is 80.1 Å². The largest absolute Gasteiger partial charge is 0.459 e. The average molecular weight is 430 g/mol. The smallest absolute Gasteiger partial charge is 0.442 e. The topological polar surface area (TPSA) is 26.3 Å². The first-order valence-corrected chi connectivity index (χ1v) is 10.6. The summed E-state index contributed by atoms with van der Waals surface area (Å²) < 4.78 is 69.9. The van der Waals surface area contributed by atoms with Crippen LogP contribution in [0.4, 0.5) is 22.0 Å². The van der Waals surface area contributed by atoms with Gasteiger partial charge < -0.3 is 4.74 Å². The van der Waals surface area contributed by atoms with E-state index in [-0.39, 0.29) is 18.4 Å². The lowest BCUT2D eigenvalue weighted by atomic mass is 9.79. The summed E-state index contributed by atoms with van der Waals surface area (Å²) in [6.45, 7) is 2.21. The molecule has 0 atom stereocenters. The number of hydrogen-bond donors (Lipinski definition) is 0. The molecule has 2 nitrogen and oxygen atoms in total. The number of halogens is 5. The molecule has 7 heteroatoms. The maximum atomic E-state index is 14.5. The van der Waals surface area contributed by atoms with Gasteiger partial charge >= 0.3 is 12.1 Å². The normalized spacial score (nSPS) is 28.3. The lowest BCUT2D eigenvalue weighted by Gasteiger charge is -2.27. The molecule has 2 fully saturated rings. The van der Waals surface area contributed by atoms with Crippen LogP contribution in [0.15, 0.2) is 30.1 Å². The van der Waals surface area contributed by atoms with Gasteiger partial charge in [0.05, 0.1) is 5.56 Å². The van der Waals surface area contributed by atoms with Gasteiger partial charge in [-0.25, -0.2) is 13.6 Å². The zero-order chi connectivity index (χ0) is 21.9. The van der Waals surface area contributed by atoms with Crippen molar-refractivity contribution in [2.75, 3.05) is 0 Å². The predicted molar refractivity (Wildman–Crippen MR) is 103 cm³/mol. The molecule has 0 N–H and O–H groups in total. The van der Waals surface area contributed by atoms with Crippen LogP contribution in [-0.4, -0.2) is 18.2 Å². The van der Waals surface area contributed by atoms with Gasteiger partial charge in [0.15, 0.2) is 5.83 Å². The summed E-state index contributed by atoms with van der Waals surface area (Å²) >= 11 is 0. The van der Waals surface area contributed by atoms with Gasteiger partial charge in [-0.3, -0.25) is 0 Å². The maximum absolute atomic E-state index is 14.5. The van der Waals surface area contributed by atoms with E-state index in [2.05, 4.69) is 6.92 Å².